The smallest absolute Gasteiger partial charge is 0.123 e. The lowest BCUT2D eigenvalue weighted by molar-refractivity contribution is 0.209. The SMILES string of the molecule is Cc1c([Si](C)(C)C)oc2c1C[C@@H](C(C)(C)C)CC2. The van der Waals surface area contributed by atoms with Gasteiger partial charge in [-0.25, -0.2) is 0 Å². The van der Waals surface area contributed by atoms with Crippen molar-refractivity contribution >= 4 is 13.5 Å². The van der Waals surface area contributed by atoms with Crippen LogP contribution in [-0.2, 0) is 12.8 Å². The number of furan rings is 1. The molecule has 2 rings (SSSR count). The molecule has 1 aliphatic rings. The lowest BCUT2D eigenvalue weighted by Gasteiger charge is -2.33. The van der Waals surface area contributed by atoms with Gasteiger partial charge in [-0.05, 0) is 42.2 Å². The van der Waals surface area contributed by atoms with Gasteiger partial charge in [0.1, 0.15) is 13.8 Å². The third-order valence-electron chi connectivity index (χ3n) is 4.43. The Morgan fingerprint density at radius 3 is 2.28 bits per heavy atom. The predicted octanol–water partition coefficient (Wildman–Crippen LogP) is 4.28. The molecule has 0 spiro atoms. The van der Waals surface area contributed by atoms with Crippen molar-refractivity contribution in [3.05, 3.63) is 16.9 Å². The van der Waals surface area contributed by atoms with Crippen molar-refractivity contribution in [2.45, 2.75) is 66.6 Å². The van der Waals surface area contributed by atoms with E-state index >= 15 is 0 Å². The number of fused-ring (bicyclic) bond motifs is 1. The third-order valence-corrected chi connectivity index (χ3v) is 6.27. The summed E-state index contributed by atoms with van der Waals surface area (Å²) in [5, 5.41) is 1.34. The molecule has 1 aromatic rings. The Kier molecular flexibility index (Phi) is 3.29. The zero-order valence-corrected chi connectivity index (χ0v) is 14.1. The van der Waals surface area contributed by atoms with Gasteiger partial charge >= 0.3 is 0 Å². The van der Waals surface area contributed by atoms with Crippen molar-refractivity contribution in [2.75, 3.05) is 0 Å². The van der Waals surface area contributed by atoms with E-state index < -0.39 is 8.07 Å². The fraction of sp³-hybridized carbons (Fsp3) is 0.750. The molecule has 1 nitrogen and oxygen atoms in total. The van der Waals surface area contributed by atoms with E-state index in [0.29, 0.717) is 5.41 Å². The van der Waals surface area contributed by atoms with Crippen molar-refractivity contribution < 1.29 is 4.42 Å². The highest BCUT2D eigenvalue weighted by Crippen LogP contribution is 2.38. The molecule has 0 saturated heterocycles. The lowest BCUT2D eigenvalue weighted by Crippen LogP contribution is -2.38. The second kappa shape index (κ2) is 4.26. The standard InChI is InChI=1S/C16H28OSi/c1-11-13-10-12(16(2,3)4)8-9-14(13)17-15(11)18(5,6)7/h12H,8-10H2,1-7H3/t12-/m0/s1. The molecule has 1 aromatic heterocycles. The maximum atomic E-state index is 6.22. The first-order chi connectivity index (χ1) is 8.10. The van der Waals surface area contributed by atoms with Gasteiger partial charge in [-0.3, -0.25) is 0 Å². The van der Waals surface area contributed by atoms with Gasteiger partial charge in [0, 0.05) is 6.42 Å². The minimum Gasteiger partial charge on any atom is -0.471 e. The zero-order valence-electron chi connectivity index (χ0n) is 13.1. The fourth-order valence-electron chi connectivity index (χ4n) is 3.18. The van der Waals surface area contributed by atoms with Crippen LogP contribution in [0, 0.1) is 18.3 Å². The van der Waals surface area contributed by atoms with Gasteiger partial charge in [-0.2, -0.15) is 0 Å². The van der Waals surface area contributed by atoms with Crippen LogP contribution in [0.5, 0.6) is 0 Å². The summed E-state index contributed by atoms with van der Waals surface area (Å²) in [5.74, 6) is 2.10. The van der Waals surface area contributed by atoms with Crippen molar-refractivity contribution in [3.63, 3.8) is 0 Å². The first-order valence-electron chi connectivity index (χ1n) is 7.22. The zero-order chi connectivity index (χ0) is 13.7. The third kappa shape index (κ3) is 2.45. The van der Waals surface area contributed by atoms with E-state index in [2.05, 4.69) is 47.3 Å². The highest BCUT2D eigenvalue weighted by molar-refractivity contribution is 6.88. The van der Waals surface area contributed by atoms with Gasteiger partial charge in [-0.15, -0.1) is 0 Å². The van der Waals surface area contributed by atoms with E-state index in [4.69, 9.17) is 4.42 Å². The van der Waals surface area contributed by atoms with Crippen LogP contribution in [0.1, 0.15) is 44.1 Å². The van der Waals surface area contributed by atoms with Gasteiger partial charge < -0.3 is 4.42 Å². The van der Waals surface area contributed by atoms with Crippen LogP contribution in [0.25, 0.3) is 0 Å². The maximum Gasteiger partial charge on any atom is 0.123 e. The Bertz CT molecular complexity index is 443. The van der Waals surface area contributed by atoms with Crippen LogP contribution in [0.15, 0.2) is 4.42 Å². The summed E-state index contributed by atoms with van der Waals surface area (Å²) < 4.78 is 6.22. The van der Waals surface area contributed by atoms with Crippen molar-refractivity contribution in [3.8, 4) is 0 Å². The fourth-order valence-corrected chi connectivity index (χ4v) is 4.89. The summed E-state index contributed by atoms with van der Waals surface area (Å²) in [7, 11) is -1.33. The molecule has 0 saturated carbocycles. The number of hydrogen-bond donors (Lipinski definition) is 0. The van der Waals surface area contributed by atoms with E-state index in [1.807, 2.05) is 0 Å². The van der Waals surface area contributed by atoms with Gasteiger partial charge in [0.15, 0.2) is 0 Å². The largest absolute Gasteiger partial charge is 0.471 e. The summed E-state index contributed by atoms with van der Waals surface area (Å²) in [5.41, 5.74) is 3.43. The summed E-state index contributed by atoms with van der Waals surface area (Å²) >= 11 is 0. The Balaban J connectivity index is 2.37. The van der Waals surface area contributed by atoms with Crippen LogP contribution >= 0.6 is 0 Å². The van der Waals surface area contributed by atoms with E-state index in [0.717, 1.165) is 12.3 Å². The number of aryl methyl sites for hydroxylation is 1. The highest BCUT2D eigenvalue weighted by Gasteiger charge is 2.34. The Labute approximate surface area is 113 Å². The van der Waals surface area contributed by atoms with Gasteiger partial charge in [0.2, 0.25) is 0 Å². The van der Waals surface area contributed by atoms with Crippen molar-refractivity contribution in [1.82, 2.24) is 0 Å². The number of rotatable bonds is 1. The molecule has 0 N–H and O–H groups in total. The second-order valence-corrected chi connectivity index (χ2v) is 13.0. The van der Waals surface area contributed by atoms with E-state index in [1.165, 1.54) is 29.5 Å². The van der Waals surface area contributed by atoms with Crippen LogP contribution in [-0.4, -0.2) is 8.07 Å². The molecule has 0 fully saturated rings. The van der Waals surface area contributed by atoms with Gasteiger partial charge in [0.05, 0.1) is 5.38 Å². The topological polar surface area (TPSA) is 13.1 Å². The molecule has 0 amide bonds. The summed E-state index contributed by atoms with van der Waals surface area (Å²) in [6.07, 6.45) is 3.65. The van der Waals surface area contributed by atoms with Crippen LogP contribution in [0.4, 0.5) is 0 Å². The Morgan fingerprint density at radius 2 is 1.78 bits per heavy atom. The molecule has 102 valence electrons. The molecule has 1 aliphatic carbocycles. The molecule has 0 bridgehead atoms. The van der Waals surface area contributed by atoms with Gasteiger partial charge in [-0.1, -0.05) is 40.4 Å². The van der Waals surface area contributed by atoms with Gasteiger partial charge in [0.25, 0.3) is 0 Å². The summed E-state index contributed by atoms with van der Waals surface area (Å²) in [4.78, 5) is 0. The average Bonchev–Trinajstić information content (AvgIpc) is 2.54. The first-order valence-corrected chi connectivity index (χ1v) is 10.7. The van der Waals surface area contributed by atoms with Crippen LogP contribution < -0.4 is 5.38 Å². The van der Waals surface area contributed by atoms with Crippen molar-refractivity contribution in [2.24, 2.45) is 11.3 Å². The predicted molar refractivity (Wildman–Crippen MR) is 81.4 cm³/mol. The molecular weight excluding hydrogens is 236 g/mol. The molecule has 18 heavy (non-hydrogen) atoms. The Morgan fingerprint density at radius 1 is 1.17 bits per heavy atom. The molecule has 0 radical (unpaired) electrons. The molecule has 1 atom stereocenters. The van der Waals surface area contributed by atoms with E-state index in [9.17, 15) is 0 Å². The summed E-state index contributed by atoms with van der Waals surface area (Å²) in [6.45, 7) is 16.5. The average molecular weight is 264 g/mol. The minimum atomic E-state index is -1.33. The number of hydrogen-bond acceptors (Lipinski definition) is 1. The summed E-state index contributed by atoms with van der Waals surface area (Å²) in [6, 6.07) is 0. The lowest BCUT2D eigenvalue weighted by atomic mass is 9.71. The molecule has 0 aliphatic heterocycles. The Hall–Kier alpha value is -0.503. The highest BCUT2D eigenvalue weighted by atomic mass is 28.3. The normalized spacial score (nSPS) is 20.9. The minimum absolute atomic E-state index is 0.417. The first kappa shape index (κ1) is 13.9. The maximum absolute atomic E-state index is 6.22. The van der Waals surface area contributed by atoms with E-state index in [-0.39, 0.29) is 0 Å². The monoisotopic (exact) mass is 264 g/mol. The molecule has 0 aromatic carbocycles. The van der Waals surface area contributed by atoms with Crippen molar-refractivity contribution in [1.29, 1.82) is 0 Å². The quantitative estimate of drug-likeness (QED) is 0.690. The molecular formula is C16H28OSi. The van der Waals surface area contributed by atoms with Crippen LogP contribution in [0.3, 0.4) is 0 Å². The van der Waals surface area contributed by atoms with Crippen LogP contribution in [0.2, 0.25) is 19.6 Å². The second-order valence-electron chi connectivity index (χ2n) is 8.01. The molecule has 0 unspecified atom stereocenters. The van der Waals surface area contributed by atoms with E-state index in [1.54, 1.807) is 5.56 Å². The molecule has 2 heteroatoms. The molecule has 1 heterocycles.